The number of aliphatic hydroxyl groups excluding tert-OH is 1. The van der Waals surface area contributed by atoms with Crippen molar-refractivity contribution < 1.29 is 13.5 Å². The molecule has 0 spiro atoms. The van der Waals surface area contributed by atoms with Crippen LogP contribution in [-0.2, 0) is 10.0 Å². The van der Waals surface area contributed by atoms with Gasteiger partial charge in [-0.2, -0.15) is 16.9 Å². The molecule has 1 aromatic carbocycles. The van der Waals surface area contributed by atoms with Crippen molar-refractivity contribution in [2.75, 3.05) is 18.6 Å². The fraction of sp³-hybridized carbons (Fsp3) is 0.357. The van der Waals surface area contributed by atoms with Gasteiger partial charge in [-0.25, -0.2) is 17.8 Å². The SMILES string of the molecule is CSCCC(O)CNS(=O)(=O)c1ccc(-n2cccn2)cc1. The van der Waals surface area contributed by atoms with E-state index in [2.05, 4.69) is 9.82 Å². The zero-order valence-corrected chi connectivity index (χ0v) is 13.8. The first-order chi connectivity index (χ1) is 10.5. The lowest BCUT2D eigenvalue weighted by molar-refractivity contribution is 0.175. The molecular weight excluding hydrogens is 322 g/mol. The summed E-state index contributed by atoms with van der Waals surface area (Å²) in [5, 5.41) is 13.8. The van der Waals surface area contributed by atoms with E-state index >= 15 is 0 Å². The third kappa shape index (κ3) is 4.57. The summed E-state index contributed by atoms with van der Waals surface area (Å²) in [4.78, 5) is 0.167. The van der Waals surface area contributed by atoms with E-state index in [0.29, 0.717) is 6.42 Å². The van der Waals surface area contributed by atoms with Crippen molar-refractivity contribution in [1.82, 2.24) is 14.5 Å². The molecule has 120 valence electrons. The van der Waals surface area contributed by atoms with Gasteiger partial charge in [-0.3, -0.25) is 0 Å². The van der Waals surface area contributed by atoms with Gasteiger partial charge in [-0.15, -0.1) is 0 Å². The largest absolute Gasteiger partial charge is 0.392 e. The Morgan fingerprint density at radius 2 is 2.09 bits per heavy atom. The number of sulfonamides is 1. The van der Waals surface area contributed by atoms with Crippen molar-refractivity contribution in [2.24, 2.45) is 0 Å². The van der Waals surface area contributed by atoms with Crippen LogP contribution in [0.15, 0.2) is 47.6 Å². The molecule has 1 unspecified atom stereocenters. The summed E-state index contributed by atoms with van der Waals surface area (Å²) in [5.41, 5.74) is 0.781. The molecule has 2 N–H and O–H groups in total. The van der Waals surface area contributed by atoms with E-state index in [0.717, 1.165) is 11.4 Å². The van der Waals surface area contributed by atoms with Crippen LogP contribution in [0.25, 0.3) is 5.69 Å². The first kappa shape index (κ1) is 17.0. The molecule has 0 radical (unpaired) electrons. The van der Waals surface area contributed by atoms with Crippen LogP contribution >= 0.6 is 11.8 Å². The number of aromatic nitrogens is 2. The van der Waals surface area contributed by atoms with Crippen molar-refractivity contribution in [2.45, 2.75) is 17.4 Å². The van der Waals surface area contributed by atoms with Crippen LogP contribution in [0.2, 0.25) is 0 Å². The van der Waals surface area contributed by atoms with Crippen molar-refractivity contribution in [3.63, 3.8) is 0 Å². The molecule has 0 saturated heterocycles. The number of nitrogens with zero attached hydrogens (tertiary/aromatic N) is 2. The molecule has 0 bridgehead atoms. The van der Waals surface area contributed by atoms with Crippen LogP contribution in [0.4, 0.5) is 0 Å². The van der Waals surface area contributed by atoms with Gasteiger partial charge < -0.3 is 5.11 Å². The van der Waals surface area contributed by atoms with Gasteiger partial charge in [0.15, 0.2) is 0 Å². The molecule has 8 heteroatoms. The van der Waals surface area contributed by atoms with Crippen molar-refractivity contribution in [1.29, 1.82) is 0 Å². The maximum Gasteiger partial charge on any atom is 0.240 e. The Morgan fingerprint density at radius 1 is 1.36 bits per heavy atom. The standard InChI is InChI=1S/C14H19N3O3S2/c1-21-10-7-13(18)11-16-22(19,20)14-5-3-12(4-6-14)17-9-2-8-15-17/h2-6,8-9,13,16,18H,7,10-11H2,1H3. The van der Waals surface area contributed by atoms with Crippen molar-refractivity contribution >= 4 is 21.8 Å². The lowest BCUT2D eigenvalue weighted by Gasteiger charge is -2.12. The second kappa shape index (κ2) is 7.77. The Hall–Kier alpha value is -1.35. The Morgan fingerprint density at radius 3 is 2.68 bits per heavy atom. The summed E-state index contributed by atoms with van der Waals surface area (Å²) in [5.74, 6) is 0.793. The Balaban J connectivity index is 2.00. The normalized spacial score (nSPS) is 13.2. The average Bonchev–Trinajstić information content (AvgIpc) is 3.05. The monoisotopic (exact) mass is 341 g/mol. The van der Waals surface area contributed by atoms with Crippen molar-refractivity contribution in [3.8, 4) is 5.69 Å². The molecule has 22 heavy (non-hydrogen) atoms. The van der Waals surface area contributed by atoms with E-state index < -0.39 is 16.1 Å². The molecule has 2 aromatic rings. The first-order valence-corrected chi connectivity index (χ1v) is 9.67. The molecular formula is C14H19N3O3S2. The minimum Gasteiger partial charge on any atom is -0.392 e. The lowest BCUT2D eigenvalue weighted by atomic mass is 10.3. The molecule has 0 aliphatic heterocycles. The number of aliphatic hydroxyl groups is 1. The smallest absolute Gasteiger partial charge is 0.240 e. The first-order valence-electron chi connectivity index (χ1n) is 6.79. The van der Waals surface area contributed by atoms with E-state index in [1.54, 1.807) is 47.0 Å². The van der Waals surface area contributed by atoms with Crippen LogP contribution in [0.1, 0.15) is 6.42 Å². The minimum atomic E-state index is -3.61. The Kier molecular flexibility index (Phi) is 6.01. The topological polar surface area (TPSA) is 84.2 Å². The minimum absolute atomic E-state index is 0.0177. The highest BCUT2D eigenvalue weighted by molar-refractivity contribution is 7.98. The highest BCUT2D eigenvalue weighted by Crippen LogP contribution is 2.13. The van der Waals surface area contributed by atoms with Gasteiger partial charge in [0.2, 0.25) is 10.0 Å². The number of hydrogen-bond acceptors (Lipinski definition) is 5. The summed E-state index contributed by atoms with van der Waals surface area (Å²) in [7, 11) is -3.61. The van der Waals surface area contributed by atoms with Crippen LogP contribution in [0.3, 0.4) is 0 Å². The Labute approximate surface area is 134 Å². The third-order valence-electron chi connectivity index (χ3n) is 3.08. The van der Waals surface area contributed by atoms with Gasteiger partial charge in [-0.1, -0.05) is 0 Å². The number of rotatable bonds is 8. The summed E-state index contributed by atoms with van der Waals surface area (Å²) < 4.78 is 28.4. The van der Waals surface area contributed by atoms with E-state index in [1.807, 2.05) is 6.26 Å². The zero-order chi connectivity index (χ0) is 16.0. The van der Waals surface area contributed by atoms with Crippen LogP contribution < -0.4 is 4.72 Å². The molecule has 0 aliphatic rings. The van der Waals surface area contributed by atoms with Gasteiger partial charge in [-0.05, 0) is 48.8 Å². The molecule has 0 fully saturated rings. The van der Waals surface area contributed by atoms with Crippen LogP contribution in [0.5, 0.6) is 0 Å². The molecule has 6 nitrogen and oxygen atoms in total. The molecule has 1 heterocycles. The van der Waals surface area contributed by atoms with Gasteiger partial charge in [0.05, 0.1) is 16.7 Å². The molecule has 2 rings (SSSR count). The van der Waals surface area contributed by atoms with E-state index in [-0.39, 0.29) is 11.4 Å². The predicted octanol–water partition coefficient (Wildman–Crippen LogP) is 1.26. The summed E-state index contributed by atoms with van der Waals surface area (Å²) in [6.07, 6.45) is 5.26. The van der Waals surface area contributed by atoms with Gasteiger partial charge in [0, 0.05) is 18.9 Å². The molecule has 0 amide bonds. The number of nitrogens with one attached hydrogen (secondary N) is 1. The van der Waals surface area contributed by atoms with Crippen molar-refractivity contribution in [3.05, 3.63) is 42.7 Å². The number of hydrogen-bond donors (Lipinski definition) is 2. The quantitative estimate of drug-likeness (QED) is 0.755. The van der Waals surface area contributed by atoms with Gasteiger partial charge >= 0.3 is 0 Å². The summed E-state index contributed by atoms with van der Waals surface area (Å²) in [6, 6.07) is 8.21. The maximum absolute atomic E-state index is 12.2. The van der Waals surface area contributed by atoms with E-state index in [1.165, 1.54) is 12.1 Å². The highest BCUT2D eigenvalue weighted by atomic mass is 32.2. The fourth-order valence-corrected chi connectivity index (χ4v) is 3.43. The second-order valence-corrected chi connectivity index (χ2v) is 7.48. The number of thioether (sulfide) groups is 1. The predicted molar refractivity (Wildman–Crippen MR) is 87.8 cm³/mol. The van der Waals surface area contributed by atoms with Crippen LogP contribution in [-0.4, -0.2) is 48.0 Å². The van der Waals surface area contributed by atoms with E-state index in [9.17, 15) is 13.5 Å². The molecule has 0 saturated carbocycles. The second-order valence-electron chi connectivity index (χ2n) is 4.73. The average molecular weight is 341 g/mol. The van der Waals surface area contributed by atoms with Gasteiger partial charge in [0.25, 0.3) is 0 Å². The highest BCUT2D eigenvalue weighted by Gasteiger charge is 2.15. The lowest BCUT2D eigenvalue weighted by Crippen LogP contribution is -2.32. The summed E-state index contributed by atoms with van der Waals surface area (Å²) >= 11 is 1.61. The maximum atomic E-state index is 12.2. The molecule has 1 atom stereocenters. The van der Waals surface area contributed by atoms with Crippen LogP contribution in [0, 0.1) is 0 Å². The zero-order valence-electron chi connectivity index (χ0n) is 12.2. The summed E-state index contributed by atoms with van der Waals surface area (Å²) in [6.45, 7) is 0.0177. The fourth-order valence-electron chi connectivity index (χ4n) is 1.84. The number of benzene rings is 1. The third-order valence-corrected chi connectivity index (χ3v) is 5.16. The Bertz CT molecular complexity index is 670. The van der Waals surface area contributed by atoms with Gasteiger partial charge in [0.1, 0.15) is 0 Å². The molecule has 1 aromatic heterocycles. The molecule has 0 aliphatic carbocycles. The van der Waals surface area contributed by atoms with E-state index in [4.69, 9.17) is 0 Å².